The molecule has 1 atom stereocenters. The summed E-state index contributed by atoms with van der Waals surface area (Å²) in [7, 11) is 1.58. The van der Waals surface area contributed by atoms with Crippen molar-refractivity contribution in [2.24, 2.45) is 0 Å². The first kappa shape index (κ1) is 22.2. The number of phenolic OH excluding ortho intramolecular Hbond substituents is 1. The Hall–Kier alpha value is -3.98. The summed E-state index contributed by atoms with van der Waals surface area (Å²) in [6.07, 6.45) is 3.23. The van der Waals surface area contributed by atoms with E-state index in [0.29, 0.717) is 22.0 Å². The van der Waals surface area contributed by atoms with Crippen LogP contribution < -0.4 is 15.4 Å². The number of fused-ring (bicyclic) bond motifs is 1. The van der Waals surface area contributed by atoms with Crippen molar-refractivity contribution >= 4 is 39.2 Å². The number of hydrogen-bond donors (Lipinski definition) is 3. The monoisotopic (exact) mass is 462 g/mol. The number of rotatable bonds is 8. The minimum absolute atomic E-state index is 0.0305. The number of amides is 2. The molecule has 2 aromatic carbocycles. The van der Waals surface area contributed by atoms with Crippen LogP contribution in [0.5, 0.6) is 11.5 Å². The number of nitrogens with zero attached hydrogens (tertiary/aromatic N) is 2. The normalized spacial score (nSPS) is 11.7. The number of carbonyl (C=O) groups excluding carboxylic acids is 2. The summed E-state index contributed by atoms with van der Waals surface area (Å²) in [6, 6.07) is 14.6. The molecule has 0 aliphatic rings. The van der Waals surface area contributed by atoms with Crippen LogP contribution in [0.2, 0.25) is 0 Å². The zero-order valence-corrected chi connectivity index (χ0v) is 18.6. The number of methoxy groups -OCH3 is 1. The van der Waals surface area contributed by atoms with Crippen LogP contribution >= 0.6 is 11.3 Å². The second kappa shape index (κ2) is 10.1. The van der Waals surface area contributed by atoms with Crippen LogP contribution in [0.3, 0.4) is 0 Å². The number of pyridine rings is 1. The second-order valence-electron chi connectivity index (χ2n) is 7.27. The third kappa shape index (κ3) is 5.27. The van der Waals surface area contributed by atoms with Gasteiger partial charge in [0, 0.05) is 41.1 Å². The van der Waals surface area contributed by atoms with Gasteiger partial charge >= 0.3 is 0 Å². The number of phenols is 1. The van der Waals surface area contributed by atoms with Crippen molar-refractivity contribution < 1.29 is 19.4 Å². The van der Waals surface area contributed by atoms with Gasteiger partial charge in [0.15, 0.2) is 5.13 Å². The lowest BCUT2D eigenvalue weighted by Crippen LogP contribution is -2.33. The van der Waals surface area contributed by atoms with Gasteiger partial charge in [-0.25, -0.2) is 4.98 Å². The van der Waals surface area contributed by atoms with Gasteiger partial charge in [0.05, 0.1) is 13.7 Å². The Morgan fingerprint density at radius 1 is 1.06 bits per heavy atom. The van der Waals surface area contributed by atoms with Gasteiger partial charge in [0.25, 0.3) is 0 Å². The number of aromatic nitrogens is 2. The minimum atomic E-state index is -0.454. The van der Waals surface area contributed by atoms with Gasteiger partial charge in [-0.2, -0.15) is 0 Å². The fourth-order valence-corrected chi connectivity index (χ4v) is 4.10. The zero-order chi connectivity index (χ0) is 23.2. The molecular formula is C24H22N4O4S. The van der Waals surface area contributed by atoms with Crippen LogP contribution in [-0.2, 0) is 9.59 Å². The molecule has 2 heterocycles. The molecule has 0 bridgehead atoms. The summed E-state index contributed by atoms with van der Waals surface area (Å²) in [5, 5.41) is 19.3. The maximum absolute atomic E-state index is 12.8. The fourth-order valence-electron chi connectivity index (χ4n) is 3.56. The molecule has 0 saturated heterocycles. The number of ether oxygens (including phenoxy) is 1. The van der Waals surface area contributed by atoms with E-state index in [-0.39, 0.29) is 30.5 Å². The highest BCUT2D eigenvalue weighted by Crippen LogP contribution is 2.38. The maximum atomic E-state index is 12.8. The van der Waals surface area contributed by atoms with Gasteiger partial charge in [-0.15, -0.1) is 11.3 Å². The Morgan fingerprint density at radius 2 is 1.88 bits per heavy atom. The number of thiazole rings is 1. The molecule has 2 aromatic heterocycles. The van der Waals surface area contributed by atoms with Gasteiger partial charge in [-0.05, 0) is 23.8 Å². The minimum Gasteiger partial charge on any atom is -0.505 e. The van der Waals surface area contributed by atoms with Gasteiger partial charge in [0.1, 0.15) is 17.0 Å². The number of benzene rings is 2. The molecule has 33 heavy (non-hydrogen) atoms. The Morgan fingerprint density at radius 3 is 2.61 bits per heavy atom. The average Bonchev–Trinajstić information content (AvgIpc) is 3.35. The summed E-state index contributed by atoms with van der Waals surface area (Å²) in [5.74, 6) is -0.430. The topological polar surface area (TPSA) is 113 Å². The summed E-state index contributed by atoms with van der Waals surface area (Å²) < 4.78 is 5.24. The number of nitrogens with one attached hydrogen (secondary N) is 2. The molecule has 168 valence electrons. The van der Waals surface area contributed by atoms with Crippen molar-refractivity contribution in [3.63, 3.8) is 0 Å². The molecule has 0 saturated carbocycles. The van der Waals surface area contributed by atoms with Crippen LogP contribution in [0.15, 0.2) is 66.3 Å². The highest BCUT2D eigenvalue weighted by molar-refractivity contribution is 7.13. The largest absolute Gasteiger partial charge is 0.505 e. The summed E-state index contributed by atoms with van der Waals surface area (Å²) >= 11 is 1.30. The summed E-state index contributed by atoms with van der Waals surface area (Å²) in [5.41, 5.74) is 1.87. The number of anilines is 1. The lowest BCUT2D eigenvalue weighted by Gasteiger charge is -2.20. The van der Waals surface area contributed by atoms with Gasteiger partial charge in [0.2, 0.25) is 11.8 Å². The molecule has 0 aliphatic heterocycles. The Bertz CT molecular complexity index is 1260. The molecule has 9 heteroatoms. The van der Waals surface area contributed by atoms with E-state index in [4.69, 9.17) is 4.74 Å². The number of carbonyl (C=O) groups is 2. The quantitative estimate of drug-likeness (QED) is 0.368. The SMILES string of the molecule is COc1ccc(C(CC(=O)NCC(=O)Nc2nccs2)c2ccc3cccnc3c2O)cc1. The highest BCUT2D eigenvalue weighted by atomic mass is 32.1. The maximum Gasteiger partial charge on any atom is 0.245 e. The summed E-state index contributed by atoms with van der Waals surface area (Å²) in [6.45, 7) is -0.182. The zero-order valence-electron chi connectivity index (χ0n) is 17.8. The van der Waals surface area contributed by atoms with E-state index >= 15 is 0 Å². The van der Waals surface area contributed by atoms with E-state index in [2.05, 4.69) is 20.6 Å². The van der Waals surface area contributed by atoms with E-state index in [1.54, 1.807) is 49.1 Å². The lowest BCUT2D eigenvalue weighted by atomic mass is 9.87. The van der Waals surface area contributed by atoms with Crippen LogP contribution in [-0.4, -0.2) is 40.5 Å². The Labute approximate surface area is 194 Å². The van der Waals surface area contributed by atoms with E-state index in [0.717, 1.165) is 10.9 Å². The van der Waals surface area contributed by atoms with Crippen LogP contribution in [0.4, 0.5) is 5.13 Å². The van der Waals surface area contributed by atoms with E-state index < -0.39 is 5.92 Å². The molecule has 8 nitrogen and oxygen atoms in total. The van der Waals surface area contributed by atoms with E-state index in [1.165, 1.54) is 11.3 Å². The smallest absolute Gasteiger partial charge is 0.245 e. The van der Waals surface area contributed by atoms with Gasteiger partial charge in [-0.3, -0.25) is 14.6 Å². The molecule has 0 spiro atoms. The van der Waals surface area contributed by atoms with E-state index in [9.17, 15) is 14.7 Å². The average molecular weight is 463 g/mol. The van der Waals surface area contributed by atoms with Crippen molar-refractivity contribution in [1.29, 1.82) is 0 Å². The predicted molar refractivity (Wildman–Crippen MR) is 127 cm³/mol. The van der Waals surface area contributed by atoms with Crippen molar-refractivity contribution in [2.75, 3.05) is 19.0 Å². The molecular weight excluding hydrogens is 440 g/mol. The van der Waals surface area contributed by atoms with Crippen molar-refractivity contribution in [2.45, 2.75) is 12.3 Å². The Balaban J connectivity index is 1.56. The molecule has 0 aliphatic carbocycles. The molecule has 0 fully saturated rings. The van der Waals surface area contributed by atoms with Crippen LogP contribution in [0.25, 0.3) is 10.9 Å². The fraction of sp³-hybridized carbons (Fsp3) is 0.167. The third-order valence-electron chi connectivity index (χ3n) is 5.19. The first-order valence-corrected chi connectivity index (χ1v) is 11.1. The van der Waals surface area contributed by atoms with Gasteiger partial charge < -0.3 is 20.5 Å². The molecule has 1 unspecified atom stereocenters. The third-order valence-corrected chi connectivity index (χ3v) is 5.88. The standard InChI is InChI=1S/C24H22N4O4S/c1-32-17-7-4-15(5-8-17)19(18-9-6-16-3-2-10-25-22(16)23(18)31)13-20(29)27-14-21(30)28-24-26-11-12-33-24/h2-12,19,31H,13-14H2,1H3,(H,27,29)(H,26,28,30). The Kier molecular flexibility index (Phi) is 6.80. The first-order valence-electron chi connectivity index (χ1n) is 10.2. The number of aromatic hydroxyl groups is 1. The second-order valence-corrected chi connectivity index (χ2v) is 8.17. The predicted octanol–water partition coefficient (Wildman–Crippen LogP) is 3.68. The van der Waals surface area contributed by atoms with Gasteiger partial charge in [-0.1, -0.05) is 30.3 Å². The van der Waals surface area contributed by atoms with Crippen molar-refractivity contribution in [3.05, 3.63) is 77.4 Å². The van der Waals surface area contributed by atoms with Crippen LogP contribution in [0.1, 0.15) is 23.5 Å². The van der Waals surface area contributed by atoms with Crippen LogP contribution in [0, 0.1) is 0 Å². The lowest BCUT2D eigenvalue weighted by molar-refractivity contribution is -0.124. The number of hydrogen-bond acceptors (Lipinski definition) is 7. The molecule has 3 N–H and O–H groups in total. The molecule has 4 rings (SSSR count). The molecule has 0 radical (unpaired) electrons. The first-order chi connectivity index (χ1) is 16.0. The highest BCUT2D eigenvalue weighted by Gasteiger charge is 2.23. The van der Waals surface area contributed by atoms with E-state index in [1.807, 2.05) is 24.3 Å². The molecule has 4 aromatic rings. The van der Waals surface area contributed by atoms with Crippen molar-refractivity contribution in [3.8, 4) is 11.5 Å². The summed E-state index contributed by atoms with van der Waals surface area (Å²) in [4.78, 5) is 33.1. The molecule has 2 amide bonds. The van der Waals surface area contributed by atoms with Crippen molar-refractivity contribution in [1.82, 2.24) is 15.3 Å².